The summed E-state index contributed by atoms with van der Waals surface area (Å²) in [6.45, 7) is 11.1. The Balaban J connectivity index is 1.94. The Morgan fingerprint density at radius 2 is 2.14 bits per heavy atom. The second-order valence-corrected chi connectivity index (χ2v) is 6.42. The second kappa shape index (κ2) is 8.60. The molecular weight excluding hydrogens is 260 g/mol. The maximum Gasteiger partial charge on any atom is 0.117 e. The lowest BCUT2D eigenvalue weighted by Gasteiger charge is -2.39. The van der Waals surface area contributed by atoms with Crippen LogP contribution in [-0.2, 0) is 6.54 Å². The van der Waals surface area contributed by atoms with Crippen LogP contribution < -0.4 is 5.32 Å². The lowest BCUT2D eigenvalue weighted by Crippen LogP contribution is -2.45. The SMILES string of the molecule is CCNC1CCC(CC)CC1CN(CC)Cc1ccco1. The first kappa shape index (κ1) is 16.6. The molecule has 120 valence electrons. The van der Waals surface area contributed by atoms with Gasteiger partial charge in [0.1, 0.15) is 5.76 Å². The van der Waals surface area contributed by atoms with Crippen LogP contribution in [0.1, 0.15) is 52.2 Å². The van der Waals surface area contributed by atoms with Crippen molar-refractivity contribution in [2.75, 3.05) is 19.6 Å². The average Bonchev–Trinajstić information content (AvgIpc) is 3.01. The summed E-state index contributed by atoms with van der Waals surface area (Å²) in [5.74, 6) is 2.78. The first-order valence-corrected chi connectivity index (χ1v) is 8.74. The molecule has 0 aliphatic heterocycles. The molecule has 0 aromatic carbocycles. The van der Waals surface area contributed by atoms with Crippen LogP contribution in [0.4, 0.5) is 0 Å². The Morgan fingerprint density at radius 1 is 1.29 bits per heavy atom. The number of nitrogens with one attached hydrogen (secondary N) is 1. The Kier molecular flexibility index (Phi) is 6.78. The van der Waals surface area contributed by atoms with Gasteiger partial charge in [-0.3, -0.25) is 4.90 Å². The Bertz CT molecular complexity index is 377. The fourth-order valence-corrected chi connectivity index (χ4v) is 3.72. The van der Waals surface area contributed by atoms with E-state index in [1.807, 2.05) is 6.07 Å². The highest BCUT2D eigenvalue weighted by Gasteiger charge is 2.30. The van der Waals surface area contributed by atoms with E-state index in [0.717, 1.165) is 37.2 Å². The van der Waals surface area contributed by atoms with E-state index in [9.17, 15) is 0 Å². The molecule has 3 nitrogen and oxygen atoms in total. The van der Waals surface area contributed by atoms with E-state index in [1.54, 1.807) is 6.26 Å². The number of rotatable bonds is 8. The van der Waals surface area contributed by atoms with Crippen molar-refractivity contribution in [2.45, 2.75) is 59.0 Å². The average molecular weight is 292 g/mol. The molecule has 1 saturated carbocycles. The highest BCUT2D eigenvalue weighted by Crippen LogP contribution is 2.32. The Hall–Kier alpha value is -0.800. The smallest absolute Gasteiger partial charge is 0.117 e. The van der Waals surface area contributed by atoms with Gasteiger partial charge in [0.25, 0.3) is 0 Å². The molecule has 3 heteroatoms. The Morgan fingerprint density at radius 3 is 2.76 bits per heavy atom. The predicted molar refractivity (Wildman–Crippen MR) is 88.2 cm³/mol. The summed E-state index contributed by atoms with van der Waals surface area (Å²) < 4.78 is 5.51. The standard InChI is InChI=1S/C18H32N2O/c1-4-15-9-10-18(19-5-2)16(12-15)13-20(6-3)14-17-8-7-11-21-17/h7-8,11,15-16,18-19H,4-6,9-10,12-14H2,1-3H3. The Labute approximate surface area is 130 Å². The van der Waals surface area contributed by atoms with E-state index in [2.05, 4.69) is 37.1 Å². The molecule has 0 saturated heterocycles. The van der Waals surface area contributed by atoms with E-state index in [-0.39, 0.29) is 0 Å². The van der Waals surface area contributed by atoms with E-state index in [0.29, 0.717) is 6.04 Å². The number of furan rings is 1. The summed E-state index contributed by atoms with van der Waals surface area (Å²) in [5, 5.41) is 3.72. The van der Waals surface area contributed by atoms with E-state index >= 15 is 0 Å². The molecule has 1 fully saturated rings. The van der Waals surface area contributed by atoms with Crippen molar-refractivity contribution in [3.63, 3.8) is 0 Å². The summed E-state index contributed by atoms with van der Waals surface area (Å²) in [6, 6.07) is 4.77. The zero-order valence-corrected chi connectivity index (χ0v) is 14.0. The van der Waals surface area contributed by atoms with Gasteiger partial charge in [0.05, 0.1) is 12.8 Å². The van der Waals surface area contributed by atoms with E-state index in [1.165, 1.54) is 32.2 Å². The van der Waals surface area contributed by atoms with Crippen molar-refractivity contribution >= 4 is 0 Å². The molecule has 0 bridgehead atoms. The summed E-state index contributed by atoms with van der Waals surface area (Å²) >= 11 is 0. The van der Waals surface area contributed by atoms with Crippen molar-refractivity contribution in [3.8, 4) is 0 Å². The molecule has 2 rings (SSSR count). The van der Waals surface area contributed by atoms with Crippen molar-refractivity contribution in [3.05, 3.63) is 24.2 Å². The molecule has 0 spiro atoms. The molecule has 1 aromatic heterocycles. The normalized spacial score (nSPS) is 26.4. The van der Waals surface area contributed by atoms with Gasteiger partial charge in [-0.15, -0.1) is 0 Å². The molecule has 1 aromatic rings. The fraction of sp³-hybridized carbons (Fsp3) is 0.778. The molecule has 0 amide bonds. The number of hydrogen-bond donors (Lipinski definition) is 1. The van der Waals surface area contributed by atoms with Crippen molar-refractivity contribution in [2.24, 2.45) is 11.8 Å². The third kappa shape index (κ3) is 4.86. The fourth-order valence-electron chi connectivity index (χ4n) is 3.72. The van der Waals surface area contributed by atoms with E-state index < -0.39 is 0 Å². The van der Waals surface area contributed by atoms with Gasteiger partial charge in [-0.25, -0.2) is 0 Å². The molecule has 3 atom stereocenters. The third-order valence-electron chi connectivity index (χ3n) is 5.03. The van der Waals surface area contributed by atoms with Crippen LogP contribution in [0.15, 0.2) is 22.8 Å². The van der Waals surface area contributed by atoms with Crippen LogP contribution in [-0.4, -0.2) is 30.6 Å². The highest BCUT2D eigenvalue weighted by atomic mass is 16.3. The van der Waals surface area contributed by atoms with Crippen LogP contribution in [0.2, 0.25) is 0 Å². The summed E-state index contributed by atoms with van der Waals surface area (Å²) in [4.78, 5) is 2.53. The minimum atomic E-state index is 0.698. The molecule has 1 N–H and O–H groups in total. The zero-order chi connectivity index (χ0) is 15.1. The monoisotopic (exact) mass is 292 g/mol. The number of hydrogen-bond acceptors (Lipinski definition) is 3. The molecule has 3 unspecified atom stereocenters. The lowest BCUT2D eigenvalue weighted by atomic mass is 9.76. The van der Waals surface area contributed by atoms with Crippen molar-refractivity contribution in [1.82, 2.24) is 10.2 Å². The summed E-state index contributed by atoms with van der Waals surface area (Å²) in [7, 11) is 0. The molecule has 1 aliphatic rings. The highest BCUT2D eigenvalue weighted by molar-refractivity contribution is 4.98. The van der Waals surface area contributed by atoms with Gasteiger partial charge < -0.3 is 9.73 Å². The maximum absolute atomic E-state index is 5.51. The molecular formula is C18H32N2O. The topological polar surface area (TPSA) is 28.4 Å². The summed E-state index contributed by atoms with van der Waals surface area (Å²) in [5.41, 5.74) is 0. The first-order valence-electron chi connectivity index (χ1n) is 8.74. The van der Waals surface area contributed by atoms with Gasteiger partial charge in [0, 0.05) is 12.6 Å². The minimum Gasteiger partial charge on any atom is -0.468 e. The maximum atomic E-state index is 5.51. The minimum absolute atomic E-state index is 0.698. The quantitative estimate of drug-likeness (QED) is 0.787. The van der Waals surface area contributed by atoms with Crippen molar-refractivity contribution in [1.29, 1.82) is 0 Å². The third-order valence-corrected chi connectivity index (χ3v) is 5.03. The van der Waals surface area contributed by atoms with Crippen LogP contribution in [0.5, 0.6) is 0 Å². The van der Waals surface area contributed by atoms with Gasteiger partial charge in [-0.2, -0.15) is 0 Å². The van der Waals surface area contributed by atoms with Gasteiger partial charge in [-0.1, -0.05) is 27.2 Å². The number of nitrogens with zero attached hydrogens (tertiary/aromatic N) is 1. The van der Waals surface area contributed by atoms with E-state index in [4.69, 9.17) is 4.42 Å². The largest absolute Gasteiger partial charge is 0.468 e. The molecule has 1 aliphatic carbocycles. The van der Waals surface area contributed by atoms with Crippen LogP contribution >= 0.6 is 0 Å². The molecule has 0 radical (unpaired) electrons. The molecule has 21 heavy (non-hydrogen) atoms. The van der Waals surface area contributed by atoms with Crippen LogP contribution in [0, 0.1) is 11.8 Å². The second-order valence-electron chi connectivity index (χ2n) is 6.42. The first-order chi connectivity index (χ1) is 10.3. The summed E-state index contributed by atoms with van der Waals surface area (Å²) in [6.07, 6.45) is 7.23. The predicted octanol–water partition coefficient (Wildman–Crippen LogP) is 3.91. The van der Waals surface area contributed by atoms with Gasteiger partial charge >= 0.3 is 0 Å². The van der Waals surface area contributed by atoms with Gasteiger partial charge in [0.15, 0.2) is 0 Å². The lowest BCUT2D eigenvalue weighted by molar-refractivity contribution is 0.133. The van der Waals surface area contributed by atoms with Crippen molar-refractivity contribution < 1.29 is 4.42 Å². The van der Waals surface area contributed by atoms with Crippen LogP contribution in [0.3, 0.4) is 0 Å². The zero-order valence-electron chi connectivity index (χ0n) is 14.0. The molecule has 1 heterocycles. The van der Waals surface area contributed by atoms with Gasteiger partial charge in [-0.05, 0) is 56.3 Å². The van der Waals surface area contributed by atoms with Crippen LogP contribution in [0.25, 0.3) is 0 Å². The van der Waals surface area contributed by atoms with Gasteiger partial charge in [0.2, 0.25) is 0 Å².